The zero-order valence-electron chi connectivity index (χ0n) is 8.05. The Morgan fingerprint density at radius 3 is 2.62 bits per heavy atom. The van der Waals surface area contributed by atoms with E-state index in [9.17, 15) is 0 Å². The molecule has 0 radical (unpaired) electrons. The molecule has 0 atom stereocenters. The van der Waals surface area contributed by atoms with Crippen LogP contribution in [0.25, 0.3) is 0 Å². The molecule has 0 amide bonds. The summed E-state index contributed by atoms with van der Waals surface area (Å²) in [5.74, 6) is 0.664. The maximum Gasteiger partial charge on any atom is 0.132 e. The summed E-state index contributed by atoms with van der Waals surface area (Å²) in [6.45, 7) is 0. The van der Waals surface area contributed by atoms with Crippen molar-refractivity contribution in [3.63, 3.8) is 0 Å². The van der Waals surface area contributed by atoms with Crippen LogP contribution in [0.4, 0.5) is 11.5 Å². The predicted molar refractivity (Wildman–Crippen MR) is 71.7 cm³/mol. The van der Waals surface area contributed by atoms with Gasteiger partial charge < -0.3 is 5.32 Å². The zero-order valence-corrected chi connectivity index (χ0v) is 11.1. The lowest BCUT2D eigenvalue weighted by Gasteiger charge is -2.07. The van der Waals surface area contributed by atoms with Crippen molar-refractivity contribution in [3.05, 3.63) is 51.0 Å². The van der Waals surface area contributed by atoms with Crippen molar-refractivity contribution in [3.8, 4) is 0 Å². The molecule has 0 bridgehead atoms. The summed E-state index contributed by atoms with van der Waals surface area (Å²) in [7, 11) is 0. The minimum absolute atomic E-state index is 0.443. The van der Waals surface area contributed by atoms with Crippen LogP contribution in [-0.2, 0) is 0 Å². The van der Waals surface area contributed by atoms with Crippen molar-refractivity contribution < 1.29 is 0 Å². The molecule has 0 aliphatic rings. The molecular formula is C11H7BrCl2N2. The van der Waals surface area contributed by atoms with Gasteiger partial charge >= 0.3 is 0 Å². The maximum atomic E-state index is 6.07. The number of pyridine rings is 1. The second-order valence-corrected chi connectivity index (χ2v) is 4.80. The highest BCUT2D eigenvalue weighted by atomic mass is 79.9. The summed E-state index contributed by atoms with van der Waals surface area (Å²) < 4.78 is 0.933. The van der Waals surface area contributed by atoms with Gasteiger partial charge in [-0.25, -0.2) is 4.98 Å². The fourth-order valence-corrected chi connectivity index (χ4v) is 2.09. The Kier molecular flexibility index (Phi) is 3.69. The van der Waals surface area contributed by atoms with Crippen LogP contribution >= 0.6 is 39.1 Å². The summed E-state index contributed by atoms with van der Waals surface area (Å²) in [4.78, 5) is 4.12. The van der Waals surface area contributed by atoms with Gasteiger partial charge in [0, 0.05) is 4.47 Å². The molecule has 0 aliphatic carbocycles. The molecule has 1 heterocycles. The molecule has 82 valence electrons. The third-order valence-corrected chi connectivity index (χ3v) is 2.93. The number of rotatable bonds is 2. The predicted octanol–water partition coefficient (Wildman–Crippen LogP) is 4.89. The molecule has 1 aromatic carbocycles. The van der Waals surface area contributed by atoms with Crippen LogP contribution in [0.15, 0.2) is 40.9 Å². The first-order valence-corrected chi connectivity index (χ1v) is 6.05. The quantitative estimate of drug-likeness (QED) is 0.797. The van der Waals surface area contributed by atoms with Gasteiger partial charge in [-0.15, -0.1) is 0 Å². The van der Waals surface area contributed by atoms with Crippen molar-refractivity contribution in [2.45, 2.75) is 0 Å². The van der Waals surface area contributed by atoms with Gasteiger partial charge in [0.1, 0.15) is 11.0 Å². The van der Waals surface area contributed by atoms with Gasteiger partial charge in [-0.05, 0) is 30.3 Å². The number of hydrogen-bond acceptors (Lipinski definition) is 2. The van der Waals surface area contributed by atoms with Crippen LogP contribution in [0.5, 0.6) is 0 Å². The van der Waals surface area contributed by atoms with E-state index in [-0.39, 0.29) is 0 Å². The lowest BCUT2D eigenvalue weighted by atomic mass is 10.3. The summed E-state index contributed by atoms with van der Waals surface area (Å²) in [5.41, 5.74) is 0.791. The maximum absolute atomic E-state index is 6.07. The summed E-state index contributed by atoms with van der Waals surface area (Å²) in [6.07, 6.45) is 0. The lowest BCUT2D eigenvalue weighted by molar-refractivity contribution is 1.31. The van der Waals surface area contributed by atoms with Crippen molar-refractivity contribution in [1.82, 2.24) is 4.98 Å². The Morgan fingerprint density at radius 1 is 1.12 bits per heavy atom. The average Bonchev–Trinajstić information content (AvgIpc) is 2.22. The van der Waals surface area contributed by atoms with Crippen LogP contribution in [-0.4, -0.2) is 4.98 Å². The monoisotopic (exact) mass is 316 g/mol. The molecule has 2 aromatic rings. The summed E-state index contributed by atoms with van der Waals surface area (Å²) in [6, 6.07) is 11.0. The lowest BCUT2D eigenvalue weighted by Crippen LogP contribution is -1.93. The van der Waals surface area contributed by atoms with E-state index in [1.807, 2.05) is 30.3 Å². The molecule has 1 aromatic heterocycles. The van der Waals surface area contributed by atoms with Crippen LogP contribution in [0.1, 0.15) is 0 Å². The molecular weight excluding hydrogens is 311 g/mol. The van der Waals surface area contributed by atoms with Gasteiger partial charge in [0.25, 0.3) is 0 Å². The Labute approximate surface area is 112 Å². The minimum atomic E-state index is 0.443. The Balaban J connectivity index is 2.27. The number of nitrogens with one attached hydrogen (secondary N) is 1. The number of halogens is 3. The standard InChI is InChI=1S/C11H7BrCl2N2/c12-7-4-5-9(8(13)6-7)15-11-3-1-2-10(14)16-11/h1-6H,(H,15,16). The highest BCUT2D eigenvalue weighted by Crippen LogP contribution is 2.28. The molecule has 5 heteroatoms. The van der Waals surface area contributed by atoms with Gasteiger partial charge in [-0.1, -0.05) is 45.2 Å². The Hall–Kier alpha value is -0.770. The van der Waals surface area contributed by atoms with E-state index in [0.29, 0.717) is 16.0 Å². The third kappa shape index (κ3) is 2.88. The summed E-state index contributed by atoms with van der Waals surface area (Å²) >= 11 is 15.2. The first kappa shape index (κ1) is 11.7. The largest absolute Gasteiger partial charge is 0.339 e. The fourth-order valence-electron chi connectivity index (χ4n) is 1.21. The number of aromatic nitrogens is 1. The van der Waals surface area contributed by atoms with Crippen molar-refractivity contribution in [2.24, 2.45) is 0 Å². The normalized spacial score (nSPS) is 10.2. The number of hydrogen-bond donors (Lipinski definition) is 1. The number of anilines is 2. The minimum Gasteiger partial charge on any atom is -0.339 e. The average molecular weight is 318 g/mol. The van der Waals surface area contributed by atoms with Gasteiger partial charge in [0.15, 0.2) is 0 Å². The van der Waals surface area contributed by atoms with Gasteiger partial charge in [0.2, 0.25) is 0 Å². The van der Waals surface area contributed by atoms with Crippen LogP contribution in [0.2, 0.25) is 10.2 Å². The van der Waals surface area contributed by atoms with Crippen LogP contribution in [0, 0.1) is 0 Å². The van der Waals surface area contributed by atoms with E-state index in [1.54, 1.807) is 6.07 Å². The molecule has 0 aliphatic heterocycles. The smallest absolute Gasteiger partial charge is 0.132 e. The van der Waals surface area contributed by atoms with Crippen LogP contribution in [0.3, 0.4) is 0 Å². The van der Waals surface area contributed by atoms with Crippen LogP contribution < -0.4 is 5.32 Å². The van der Waals surface area contributed by atoms with E-state index in [1.165, 1.54) is 0 Å². The molecule has 0 unspecified atom stereocenters. The molecule has 0 fully saturated rings. The SMILES string of the molecule is Clc1cccc(Nc2ccc(Br)cc2Cl)n1. The molecule has 0 spiro atoms. The molecule has 1 N–H and O–H groups in total. The van der Waals surface area contributed by atoms with Crippen molar-refractivity contribution >= 4 is 50.6 Å². The molecule has 2 nitrogen and oxygen atoms in total. The molecule has 0 saturated carbocycles. The van der Waals surface area contributed by atoms with E-state index in [0.717, 1.165) is 10.2 Å². The molecule has 0 saturated heterocycles. The Morgan fingerprint density at radius 2 is 1.94 bits per heavy atom. The first-order chi connectivity index (χ1) is 7.65. The molecule has 2 rings (SSSR count). The first-order valence-electron chi connectivity index (χ1n) is 4.50. The van der Waals surface area contributed by atoms with E-state index >= 15 is 0 Å². The van der Waals surface area contributed by atoms with E-state index in [4.69, 9.17) is 23.2 Å². The Bertz CT molecular complexity index is 517. The van der Waals surface area contributed by atoms with Crippen molar-refractivity contribution in [2.75, 3.05) is 5.32 Å². The van der Waals surface area contributed by atoms with E-state index in [2.05, 4.69) is 26.2 Å². The van der Waals surface area contributed by atoms with Gasteiger partial charge in [-0.2, -0.15) is 0 Å². The topological polar surface area (TPSA) is 24.9 Å². The highest BCUT2D eigenvalue weighted by Gasteiger charge is 2.02. The number of benzene rings is 1. The van der Waals surface area contributed by atoms with E-state index < -0.39 is 0 Å². The van der Waals surface area contributed by atoms with Gasteiger partial charge in [-0.3, -0.25) is 0 Å². The van der Waals surface area contributed by atoms with Crippen molar-refractivity contribution in [1.29, 1.82) is 0 Å². The second kappa shape index (κ2) is 5.04. The highest BCUT2D eigenvalue weighted by molar-refractivity contribution is 9.10. The summed E-state index contributed by atoms with van der Waals surface area (Å²) in [5, 5.41) is 4.16. The van der Waals surface area contributed by atoms with Gasteiger partial charge in [0.05, 0.1) is 10.7 Å². The fraction of sp³-hybridized carbons (Fsp3) is 0. The second-order valence-electron chi connectivity index (χ2n) is 3.09. The third-order valence-electron chi connectivity index (χ3n) is 1.91. The zero-order chi connectivity index (χ0) is 11.5. The molecule has 16 heavy (non-hydrogen) atoms. The number of nitrogens with zero attached hydrogens (tertiary/aromatic N) is 1.